The van der Waals surface area contributed by atoms with Crippen molar-refractivity contribution >= 4 is 28.7 Å². The third kappa shape index (κ3) is 4.39. The molecule has 0 saturated heterocycles. The van der Waals surface area contributed by atoms with Crippen molar-refractivity contribution in [1.82, 2.24) is 4.90 Å². The van der Waals surface area contributed by atoms with Crippen LogP contribution < -0.4 is 10.2 Å². The van der Waals surface area contributed by atoms with E-state index in [9.17, 15) is 0 Å². The van der Waals surface area contributed by atoms with E-state index in [2.05, 4.69) is 67.1 Å². The van der Waals surface area contributed by atoms with Crippen molar-refractivity contribution in [2.75, 3.05) is 36.4 Å². The number of nitrogens with zero attached hydrogens (tertiary/aromatic N) is 2. The van der Waals surface area contributed by atoms with Gasteiger partial charge in [-0.15, -0.1) is 0 Å². The molecule has 0 amide bonds. The topological polar surface area (TPSA) is 18.5 Å². The number of nitrogens with one attached hydrogen (secondary N) is 1. The van der Waals surface area contributed by atoms with Crippen molar-refractivity contribution in [2.24, 2.45) is 0 Å². The third-order valence-electron chi connectivity index (χ3n) is 3.30. The maximum absolute atomic E-state index is 5.39. The lowest BCUT2D eigenvalue weighted by atomic mass is 10.2. The number of benzene rings is 1. The van der Waals surface area contributed by atoms with Crippen LogP contribution in [0.2, 0.25) is 0 Å². The van der Waals surface area contributed by atoms with E-state index >= 15 is 0 Å². The molecule has 4 heteroatoms. The average molecular weight is 279 g/mol. The normalized spacial score (nSPS) is 10.1. The highest BCUT2D eigenvalue weighted by atomic mass is 32.1. The quantitative estimate of drug-likeness (QED) is 0.802. The zero-order valence-corrected chi connectivity index (χ0v) is 13.3. The molecule has 1 N–H and O–H groups in total. The summed E-state index contributed by atoms with van der Waals surface area (Å²) in [4.78, 5) is 4.46. The molecule has 0 spiro atoms. The monoisotopic (exact) mass is 279 g/mol. The van der Waals surface area contributed by atoms with E-state index in [1.807, 2.05) is 0 Å². The van der Waals surface area contributed by atoms with Gasteiger partial charge < -0.3 is 15.1 Å². The Hall–Kier alpha value is -1.29. The van der Waals surface area contributed by atoms with Gasteiger partial charge in [-0.1, -0.05) is 0 Å². The molecule has 0 aliphatic heterocycles. The van der Waals surface area contributed by atoms with Gasteiger partial charge in [0.2, 0.25) is 0 Å². The molecule has 1 aromatic carbocycles. The Bertz CT molecular complexity index is 381. The van der Waals surface area contributed by atoms with Crippen LogP contribution in [0, 0.1) is 0 Å². The molecule has 0 aliphatic carbocycles. The van der Waals surface area contributed by atoms with Crippen molar-refractivity contribution in [3.63, 3.8) is 0 Å². The molecule has 106 valence electrons. The van der Waals surface area contributed by atoms with Crippen molar-refractivity contribution < 1.29 is 0 Å². The van der Waals surface area contributed by atoms with Gasteiger partial charge in [-0.05, 0) is 64.2 Å². The number of rotatable bonds is 6. The molecule has 0 saturated carbocycles. The van der Waals surface area contributed by atoms with Crippen LogP contribution in [0.4, 0.5) is 11.4 Å². The Morgan fingerprint density at radius 1 is 0.947 bits per heavy atom. The molecule has 0 bridgehead atoms. The smallest absolute Gasteiger partial charge is 0.173 e. The van der Waals surface area contributed by atoms with Crippen LogP contribution in [-0.2, 0) is 0 Å². The molecule has 1 aromatic rings. The van der Waals surface area contributed by atoms with Crippen LogP contribution in [-0.4, -0.2) is 36.2 Å². The fourth-order valence-electron chi connectivity index (χ4n) is 2.06. The maximum atomic E-state index is 5.39. The van der Waals surface area contributed by atoms with E-state index in [4.69, 9.17) is 12.2 Å². The summed E-state index contributed by atoms with van der Waals surface area (Å²) < 4.78 is 0. The lowest BCUT2D eigenvalue weighted by Gasteiger charge is -2.24. The van der Waals surface area contributed by atoms with E-state index in [0.717, 1.165) is 37.0 Å². The Labute approximate surface area is 122 Å². The van der Waals surface area contributed by atoms with Crippen LogP contribution in [0.3, 0.4) is 0 Å². The first-order valence-electron chi connectivity index (χ1n) is 7.07. The van der Waals surface area contributed by atoms with E-state index < -0.39 is 0 Å². The zero-order chi connectivity index (χ0) is 14.3. The number of hydrogen-bond donors (Lipinski definition) is 1. The second-order valence-corrected chi connectivity index (χ2v) is 4.71. The number of thiocarbonyl (C=S) groups is 1. The lowest BCUT2D eigenvalue weighted by molar-refractivity contribution is 0.473. The second kappa shape index (κ2) is 8.00. The summed E-state index contributed by atoms with van der Waals surface area (Å²) in [5.74, 6) is 0. The van der Waals surface area contributed by atoms with Crippen LogP contribution in [0.25, 0.3) is 0 Å². The largest absolute Gasteiger partial charge is 0.372 e. The van der Waals surface area contributed by atoms with Crippen molar-refractivity contribution in [2.45, 2.75) is 27.7 Å². The summed E-state index contributed by atoms with van der Waals surface area (Å²) >= 11 is 5.39. The zero-order valence-electron chi connectivity index (χ0n) is 12.4. The van der Waals surface area contributed by atoms with Gasteiger partial charge in [0, 0.05) is 37.6 Å². The van der Waals surface area contributed by atoms with Crippen molar-refractivity contribution in [3.05, 3.63) is 24.3 Å². The Morgan fingerprint density at radius 2 is 1.47 bits per heavy atom. The minimum absolute atomic E-state index is 0.792. The first kappa shape index (κ1) is 15.8. The first-order valence-corrected chi connectivity index (χ1v) is 7.47. The van der Waals surface area contributed by atoms with Gasteiger partial charge in [0.1, 0.15) is 0 Å². The summed E-state index contributed by atoms with van der Waals surface area (Å²) in [6.07, 6.45) is 0. The van der Waals surface area contributed by atoms with Gasteiger partial charge >= 0.3 is 0 Å². The van der Waals surface area contributed by atoms with Gasteiger partial charge in [-0.3, -0.25) is 0 Å². The highest BCUT2D eigenvalue weighted by molar-refractivity contribution is 7.80. The van der Waals surface area contributed by atoms with Crippen LogP contribution in [0.1, 0.15) is 27.7 Å². The van der Waals surface area contributed by atoms with Gasteiger partial charge in [0.05, 0.1) is 0 Å². The standard InChI is InChI=1S/C15H25N3S/c1-5-17(6-2)14-11-9-13(10-12-14)16-15(19)18(7-3)8-4/h9-12H,5-8H2,1-4H3,(H,16,19). The van der Waals surface area contributed by atoms with Crippen molar-refractivity contribution in [3.8, 4) is 0 Å². The van der Waals surface area contributed by atoms with Crippen molar-refractivity contribution in [1.29, 1.82) is 0 Å². The minimum Gasteiger partial charge on any atom is -0.372 e. The summed E-state index contributed by atoms with van der Waals surface area (Å²) in [6.45, 7) is 12.5. The molecule has 3 nitrogen and oxygen atoms in total. The maximum Gasteiger partial charge on any atom is 0.173 e. The molecule has 0 heterocycles. The van der Waals surface area contributed by atoms with Crippen LogP contribution in [0.5, 0.6) is 0 Å². The summed E-state index contributed by atoms with van der Waals surface area (Å²) in [6, 6.07) is 8.45. The molecule has 1 rings (SSSR count). The molecule has 0 atom stereocenters. The number of anilines is 2. The van der Waals surface area contributed by atoms with Crippen LogP contribution >= 0.6 is 12.2 Å². The highest BCUT2D eigenvalue weighted by Gasteiger charge is 2.06. The molecule has 0 radical (unpaired) electrons. The first-order chi connectivity index (χ1) is 9.15. The Morgan fingerprint density at radius 3 is 1.89 bits per heavy atom. The van der Waals surface area contributed by atoms with E-state index in [-0.39, 0.29) is 0 Å². The summed E-state index contributed by atoms with van der Waals surface area (Å²) in [5.41, 5.74) is 2.30. The predicted octanol–water partition coefficient (Wildman–Crippen LogP) is 3.57. The van der Waals surface area contributed by atoms with E-state index in [1.165, 1.54) is 5.69 Å². The highest BCUT2D eigenvalue weighted by Crippen LogP contribution is 2.18. The van der Waals surface area contributed by atoms with Gasteiger partial charge in [-0.2, -0.15) is 0 Å². The van der Waals surface area contributed by atoms with Gasteiger partial charge in [-0.25, -0.2) is 0 Å². The molecule has 0 aliphatic rings. The molecule has 0 fully saturated rings. The average Bonchev–Trinajstić information content (AvgIpc) is 2.43. The van der Waals surface area contributed by atoms with Crippen LogP contribution in [0.15, 0.2) is 24.3 Å². The summed E-state index contributed by atoms with van der Waals surface area (Å²) in [7, 11) is 0. The van der Waals surface area contributed by atoms with Gasteiger partial charge in [0.15, 0.2) is 5.11 Å². The third-order valence-corrected chi connectivity index (χ3v) is 3.66. The molecule has 19 heavy (non-hydrogen) atoms. The number of hydrogen-bond acceptors (Lipinski definition) is 2. The Balaban J connectivity index is 2.69. The fourth-order valence-corrected chi connectivity index (χ4v) is 2.43. The summed E-state index contributed by atoms with van der Waals surface area (Å²) in [5, 5.41) is 4.08. The SMILES string of the molecule is CCN(CC)C(=S)Nc1ccc(N(CC)CC)cc1. The fraction of sp³-hybridized carbons (Fsp3) is 0.533. The molecule has 0 unspecified atom stereocenters. The second-order valence-electron chi connectivity index (χ2n) is 4.32. The van der Waals surface area contributed by atoms with E-state index in [0.29, 0.717) is 0 Å². The molecule has 0 aromatic heterocycles. The predicted molar refractivity (Wildman–Crippen MR) is 89.1 cm³/mol. The minimum atomic E-state index is 0.792. The van der Waals surface area contributed by atoms with E-state index in [1.54, 1.807) is 0 Å². The lowest BCUT2D eigenvalue weighted by Crippen LogP contribution is -2.34. The van der Waals surface area contributed by atoms with Gasteiger partial charge in [0.25, 0.3) is 0 Å². The molecular weight excluding hydrogens is 254 g/mol. The Kier molecular flexibility index (Phi) is 6.64. The molecular formula is C15H25N3S.